The molecule has 0 spiro atoms. The SMILES string of the molecule is COC(=O)N[C@H](C(=O)N1CCC[C@H]1c1ncc(-c2ccc(-c3ccc4c(ccc5nc([C@@H]6CCCN6C(=O)[C@@H](NC(=O)OC)C(C)C)[nH]c54)c3)nc2)[nH]1)C(C)C. The Balaban J connectivity index is 1.07. The number of nitrogens with zero attached hydrogens (tertiary/aromatic N) is 5. The highest BCUT2D eigenvalue weighted by Gasteiger charge is 2.39. The lowest BCUT2D eigenvalue weighted by atomic mass is 10.0. The fourth-order valence-electron chi connectivity index (χ4n) is 7.91. The van der Waals surface area contributed by atoms with Crippen LogP contribution in [0, 0.1) is 11.8 Å². The number of alkyl carbamates (subject to hydrolysis) is 2. The first-order chi connectivity index (χ1) is 27.0. The lowest BCUT2D eigenvalue weighted by molar-refractivity contribution is -0.136. The van der Waals surface area contributed by atoms with Gasteiger partial charge in [0.2, 0.25) is 11.8 Å². The van der Waals surface area contributed by atoms with E-state index >= 15 is 0 Å². The largest absolute Gasteiger partial charge is 0.453 e. The van der Waals surface area contributed by atoms with Gasteiger partial charge in [-0.05, 0) is 67.2 Å². The van der Waals surface area contributed by atoms with E-state index in [0.29, 0.717) is 18.9 Å². The Morgan fingerprint density at radius 1 is 0.732 bits per heavy atom. The Morgan fingerprint density at radius 2 is 1.34 bits per heavy atom. The smallest absolute Gasteiger partial charge is 0.407 e. The van der Waals surface area contributed by atoms with Crippen LogP contribution in [0.3, 0.4) is 0 Å². The number of fused-ring (bicyclic) bond motifs is 3. The van der Waals surface area contributed by atoms with E-state index in [9.17, 15) is 19.2 Å². The molecule has 4 atom stereocenters. The van der Waals surface area contributed by atoms with Gasteiger partial charge in [0.15, 0.2) is 0 Å². The molecule has 56 heavy (non-hydrogen) atoms. The van der Waals surface area contributed by atoms with Crippen LogP contribution in [0.15, 0.2) is 54.9 Å². The number of ether oxygens (including phenoxy) is 2. The van der Waals surface area contributed by atoms with Crippen LogP contribution in [-0.2, 0) is 19.1 Å². The number of imidazole rings is 2. The molecule has 2 fully saturated rings. The number of pyridine rings is 1. The summed E-state index contributed by atoms with van der Waals surface area (Å²) in [5.74, 6) is 0.893. The van der Waals surface area contributed by atoms with Crippen LogP contribution in [0.2, 0.25) is 0 Å². The number of likely N-dealkylation sites (tertiary alicyclic amines) is 2. The van der Waals surface area contributed by atoms with Crippen molar-refractivity contribution in [2.45, 2.75) is 77.5 Å². The molecule has 0 unspecified atom stereocenters. The third-order valence-electron chi connectivity index (χ3n) is 10.9. The van der Waals surface area contributed by atoms with E-state index in [1.807, 2.05) is 69.1 Å². The summed E-state index contributed by atoms with van der Waals surface area (Å²) in [6.07, 6.45) is 5.52. The second kappa shape index (κ2) is 16.0. The van der Waals surface area contributed by atoms with Gasteiger partial charge in [-0.3, -0.25) is 14.6 Å². The molecule has 0 aliphatic carbocycles. The second-order valence-electron chi connectivity index (χ2n) is 15.2. The van der Waals surface area contributed by atoms with E-state index in [-0.39, 0.29) is 35.7 Å². The number of aromatic nitrogens is 5. The number of hydrogen-bond acceptors (Lipinski definition) is 9. The van der Waals surface area contributed by atoms with E-state index in [4.69, 9.17) is 19.4 Å². The predicted molar refractivity (Wildman–Crippen MR) is 210 cm³/mol. The summed E-state index contributed by atoms with van der Waals surface area (Å²) in [6.45, 7) is 8.76. The van der Waals surface area contributed by atoms with Crippen molar-refractivity contribution in [3.8, 4) is 22.5 Å². The van der Waals surface area contributed by atoms with Gasteiger partial charge in [-0.25, -0.2) is 19.6 Å². The number of carbonyl (C=O) groups is 4. The monoisotopic (exact) mass is 763 g/mol. The van der Waals surface area contributed by atoms with Crippen molar-refractivity contribution in [3.63, 3.8) is 0 Å². The standard InChI is InChI=1S/C41H49N9O6/c1-22(2)33(47-40(53)55-5)38(51)49-17-7-9-31(49)36-43-21-30(45-36)26-13-15-28(42-20-26)25-11-14-27-24(19-25)12-16-29-35(27)46-37(44-29)32-10-8-18-50(32)39(52)34(23(3)4)48-41(54)56-6/h11-16,19-23,31-34H,7-10,17-18H2,1-6H3,(H,43,45)(H,44,46)(H,47,53)(H,48,54)/t31-,32-,33-,34-/m0/s1. The van der Waals surface area contributed by atoms with E-state index < -0.39 is 24.3 Å². The van der Waals surface area contributed by atoms with Crippen LogP contribution in [0.1, 0.15) is 77.1 Å². The third-order valence-corrected chi connectivity index (χ3v) is 10.9. The Kier molecular flexibility index (Phi) is 10.9. The van der Waals surface area contributed by atoms with Gasteiger partial charge in [0.05, 0.1) is 54.9 Å². The summed E-state index contributed by atoms with van der Waals surface area (Å²) >= 11 is 0. The van der Waals surface area contributed by atoms with Crippen molar-refractivity contribution in [2.75, 3.05) is 27.3 Å². The third kappa shape index (κ3) is 7.49. The lowest BCUT2D eigenvalue weighted by Crippen LogP contribution is -2.51. The molecule has 15 nitrogen and oxygen atoms in total. The lowest BCUT2D eigenvalue weighted by Gasteiger charge is -2.30. The highest BCUT2D eigenvalue weighted by Crippen LogP contribution is 2.36. The van der Waals surface area contributed by atoms with E-state index in [0.717, 1.165) is 75.8 Å². The summed E-state index contributed by atoms with van der Waals surface area (Å²) in [4.78, 5) is 76.1. The number of aromatic amines is 2. The Labute approximate surface area is 324 Å². The zero-order chi connectivity index (χ0) is 39.7. The molecule has 294 valence electrons. The number of methoxy groups -OCH3 is 2. The average molecular weight is 764 g/mol. The molecule has 4 amide bonds. The van der Waals surface area contributed by atoms with Gasteiger partial charge in [-0.15, -0.1) is 0 Å². The van der Waals surface area contributed by atoms with Crippen LogP contribution in [0.5, 0.6) is 0 Å². The molecular weight excluding hydrogens is 715 g/mol. The number of rotatable bonds is 10. The number of nitrogens with one attached hydrogen (secondary N) is 4. The molecule has 15 heteroatoms. The minimum atomic E-state index is -0.701. The average Bonchev–Trinajstić information content (AvgIpc) is 4.04. The quantitative estimate of drug-likeness (QED) is 0.127. The molecule has 0 radical (unpaired) electrons. The van der Waals surface area contributed by atoms with Gasteiger partial charge in [0, 0.05) is 35.8 Å². The zero-order valence-corrected chi connectivity index (χ0v) is 32.6. The molecule has 2 aliphatic heterocycles. The maximum atomic E-state index is 13.7. The molecule has 2 aliphatic rings. The summed E-state index contributed by atoms with van der Waals surface area (Å²) in [5, 5.41) is 7.43. The number of carbonyl (C=O) groups excluding carboxylic acids is 4. The second-order valence-corrected chi connectivity index (χ2v) is 15.2. The minimum absolute atomic E-state index is 0.115. The summed E-state index contributed by atoms with van der Waals surface area (Å²) in [6, 6.07) is 12.4. The van der Waals surface area contributed by atoms with Gasteiger partial charge >= 0.3 is 12.2 Å². The number of H-pyrrole nitrogens is 2. The Bertz CT molecular complexity index is 2250. The van der Waals surface area contributed by atoms with Crippen molar-refractivity contribution in [3.05, 3.63) is 66.5 Å². The molecule has 0 bridgehead atoms. The topological polar surface area (TPSA) is 188 Å². The van der Waals surface area contributed by atoms with Gasteiger partial charge in [-0.2, -0.15) is 0 Å². The van der Waals surface area contributed by atoms with Crippen LogP contribution >= 0.6 is 0 Å². The van der Waals surface area contributed by atoms with Crippen molar-refractivity contribution >= 4 is 45.8 Å². The Hall–Kier alpha value is -5.99. The van der Waals surface area contributed by atoms with E-state index in [2.05, 4.69) is 37.7 Å². The molecule has 0 saturated carbocycles. The van der Waals surface area contributed by atoms with Gasteiger partial charge < -0.3 is 39.9 Å². The molecule has 4 N–H and O–H groups in total. The molecule has 5 aromatic rings. The maximum absolute atomic E-state index is 13.7. The molecule has 3 aromatic heterocycles. The fourth-order valence-corrected chi connectivity index (χ4v) is 7.91. The van der Waals surface area contributed by atoms with Crippen molar-refractivity contribution in [1.82, 2.24) is 45.4 Å². The number of benzene rings is 2. The zero-order valence-electron chi connectivity index (χ0n) is 32.6. The van der Waals surface area contributed by atoms with Gasteiger partial charge in [0.25, 0.3) is 0 Å². The first-order valence-electron chi connectivity index (χ1n) is 19.2. The van der Waals surface area contributed by atoms with Crippen LogP contribution in [0.25, 0.3) is 44.3 Å². The maximum Gasteiger partial charge on any atom is 0.407 e. The summed E-state index contributed by atoms with van der Waals surface area (Å²) in [7, 11) is 2.57. The van der Waals surface area contributed by atoms with Crippen LogP contribution < -0.4 is 10.6 Å². The highest BCUT2D eigenvalue weighted by atomic mass is 16.5. The first-order valence-corrected chi connectivity index (χ1v) is 19.2. The van der Waals surface area contributed by atoms with Crippen molar-refractivity contribution in [2.24, 2.45) is 11.8 Å². The number of hydrogen-bond donors (Lipinski definition) is 4. The van der Waals surface area contributed by atoms with E-state index in [1.165, 1.54) is 14.2 Å². The predicted octanol–water partition coefficient (Wildman–Crippen LogP) is 6.26. The van der Waals surface area contributed by atoms with Gasteiger partial charge in [0.1, 0.15) is 23.7 Å². The fraction of sp³-hybridized carbons (Fsp3) is 0.439. The summed E-state index contributed by atoms with van der Waals surface area (Å²) < 4.78 is 9.53. The number of amides is 4. The highest BCUT2D eigenvalue weighted by molar-refractivity contribution is 6.05. The molecule has 5 heterocycles. The molecule has 2 saturated heterocycles. The normalized spacial score (nSPS) is 18.1. The van der Waals surface area contributed by atoms with Crippen LogP contribution in [-0.4, -0.2) is 98.1 Å². The summed E-state index contributed by atoms with van der Waals surface area (Å²) in [5.41, 5.74) is 5.15. The van der Waals surface area contributed by atoms with Crippen molar-refractivity contribution < 1.29 is 28.7 Å². The minimum Gasteiger partial charge on any atom is -0.453 e. The first kappa shape index (κ1) is 38.3. The van der Waals surface area contributed by atoms with Crippen molar-refractivity contribution in [1.29, 1.82) is 0 Å². The van der Waals surface area contributed by atoms with Gasteiger partial charge in [-0.1, -0.05) is 45.9 Å². The molecule has 7 rings (SSSR count). The van der Waals surface area contributed by atoms with E-state index in [1.54, 1.807) is 11.1 Å². The molecular formula is C41H49N9O6. The Morgan fingerprint density at radius 3 is 1.91 bits per heavy atom. The van der Waals surface area contributed by atoms with Crippen LogP contribution in [0.4, 0.5) is 9.59 Å². The molecule has 2 aromatic carbocycles.